The standard InChI is InChI=1S/C11H6FNO/c12-9-4-3-8(7-13)10(6-9)11-2-1-5-14-11/h1-6H. The van der Waals surface area contributed by atoms with Crippen LogP contribution in [0.2, 0.25) is 0 Å². The van der Waals surface area contributed by atoms with Gasteiger partial charge in [-0.05, 0) is 30.3 Å². The fourth-order valence-corrected chi connectivity index (χ4v) is 1.25. The van der Waals surface area contributed by atoms with Crippen molar-refractivity contribution < 1.29 is 8.81 Å². The smallest absolute Gasteiger partial charge is 0.135 e. The van der Waals surface area contributed by atoms with Crippen LogP contribution in [-0.2, 0) is 0 Å². The minimum absolute atomic E-state index is 0.379. The second kappa shape index (κ2) is 3.35. The molecule has 0 aliphatic rings. The highest BCUT2D eigenvalue weighted by Crippen LogP contribution is 2.24. The van der Waals surface area contributed by atoms with Gasteiger partial charge in [0.05, 0.1) is 17.9 Å². The van der Waals surface area contributed by atoms with Gasteiger partial charge in [-0.3, -0.25) is 0 Å². The van der Waals surface area contributed by atoms with Gasteiger partial charge >= 0.3 is 0 Å². The summed E-state index contributed by atoms with van der Waals surface area (Å²) in [6.45, 7) is 0. The third-order valence-electron chi connectivity index (χ3n) is 1.89. The van der Waals surface area contributed by atoms with Crippen molar-refractivity contribution in [1.82, 2.24) is 0 Å². The van der Waals surface area contributed by atoms with E-state index in [1.54, 1.807) is 12.1 Å². The zero-order valence-electron chi connectivity index (χ0n) is 7.20. The van der Waals surface area contributed by atoms with Gasteiger partial charge in [-0.25, -0.2) is 4.39 Å². The first-order valence-corrected chi connectivity index (χ1v) is 4.05. The van der Waals surface area contributed by atoms with Crippen molar-refractivity contribution in [3.63, 3.8) is 0 Å². The number of rotatable bonds is 1. The first-order valence-electron chi connectivity index (χ1n) is 4.05. The molecule has 0 bridgehead atoms. The molecule has 0 amide bonds. The maximum Gasteiger partial charge on any atom is 0.135 e. The Hall–Kier alpha value is -2.08. The Morgan fingerprint density at radius 3 is 2.79 bits per heavy atom. The number of halogens is 1. The zero-order valence-corrected chi connectivity index (χ0v) is 7.20. The predicted octanol–water partition coefficient (Wildman–Crippen LogP) is 2.96. The van der Waals surface area contributed by atoms with Crippen LogP contribution in [0.15, 0.2) is 41.0 Å². The maximum absolute atomic E-state index is 12.9. The lowest BCUT2D eigenvalue weighted by Crippen LogP contribution is -1.84. The number of furan rings is 1. The summed E-state index contributed by atoms with van der Waals surface area (Å²) in [5, 5.41) is 8.79. The Balaban J connectivity index is 2.63. The van der Waals surface area contributed by atoms with E-state index >= 15 is 0 Å². The van der Waals surface area contributed by atoms with Crippen LogP contribution < -0.4 is 0 Å². The summed E-state index contributed by atoms with van der Waals surface area (Å²) in [5.74, 6) is 0.122. The average molecular weight is 187 g/mol. The largest absolute Gasteiger partial charge is 0.464 e. The van der Waals surface area contributed by atoms with Crippen molar-refractivity contribution in [2.24, 2.45) is 0 Å². The third kappa shape index (κ3) is 1.38. The minimum Gasteiger partial charge on any atom is -0.464 e. The average Bonchev–Trinajstić information content (AvgIpc) is 2.70. The van der Waals surface area contributed by atoms with Crippen LogP contribution in [0.25, 0.3) is 11.3 Å². The summed E-state index contributed by atoms with van der Waals surface area (Å²) < 4.78 is 18.0. The first-order chi connectivity index (χ1) is 6.81. The van der Waals surface area contributed by atoms with Gasteiger partial charge in [-0.2, -0.15) is 5.26 Å². The highest BCUT2D eigenvalue weighted by atomic mass is 19.1. The van der Waals surface area contributed by atoms with E-state index in [9.17, 15) is 4.39 Å². The minimum atomic E-state index is -0.379. The quantitative estimate of drug-likeness (QED) is 0.688. The summed E-state index contributed by atoms with van der Waals surface area (Å²) in [4.78, 5) is 0. The molecule has 3 heteroatoms. The molecule has 1 aromatic heterocycles. The van der Waals surface area contributed by atoms with E-state index in [-0.39, 0.29) is 5.82 Å². The molecule has 14 heavy (non-hydrogen) atoms. The van der Waals surface area contributed by atoms with Crippen LogP contribution in [0, 0.1) is 17.1 Å². The molecule has 1 aromatic carbocycles. The number of nitriles is 1. The molecule has 0 saturated heterocycles. The van der Waals surface area contributed by atoms with Gasteiger partial charge in [-0.1, -0.05) is 0 Å². The molecule has 68 valence electrons. The summed E-state index contributed by atoms with van der Waals surface area (Å²) in [6, 6.07) is 9.35. The van der Waals surface area contributed by atoms with Gasteiger partial charge in [0.15, 0.2) is 0 Å². The Morgan fingerprint density at radius 1 is 1.29 bits per heavy atom. The number of hydrogen-bond donors (Lipinski definition) is 0. The fraction of sp³-hybridized carbons (Fsp3) is 0. The van der Waals surface area contributed by atoms with Crippen molar-refractivity contribution in [3.8, 4) is 17.4 Å². The number of nitrogens with zero attached hydrogens (tertiary/aromatic N) is 1. The maximum atomic E-state index is 12.9. The van der Waals surface area contributed by atoms with E-state index in [4.69, 9.17) is 9.68 Å². The van der Waals surface area contributed by atoms with Gasteiger partial charge in [0, 0.05) is 5.56 Å². The molecule has 0 saturated carbocycles. The Morgan fingerprint density at radius 2 is 2.14 bits per heavy atom. The van der Waals surface area contributed by atoms with Gasteiger partial charge in [0.2, 0.25) is 0 Å². The first kappa shape index (κ1) is 8.52. The Labute approximate surface area is 80.2 Å². The monoisotopic (exact) mass is 187 g/mol. The van der Waals surface area contributed by atoms with Crippen molar-refractivity contribution >= 4 is 0 Å². The highest BCUT2D eigenvalue weighted by Gasteiger charge is 2.08. The molecular formula is C11H6FNO. The van der Waals surface area contributed by atoms with E-state index in [1.165, 1.54) is 24.5 Å². The third-order valence-corrected chi connectivity index (χ3v) is 1.89. The lowest BCUT2D eigenvalue weighted by Gasteiger charge is -1.99. The van der Waals surface area contributed by atoms with Crippen LogP contribution in [-0.4, -0.2) is 0 Å². The lowest BCUT2D eigenvalue weighted by molar-refractivity contribution is 0.580. The zero-order chi connectivity index (χ0) is 9.97. The summed E-state index contributed by atoms with van der Waals surface area (Å²) in [5.41, 5.74) is 0.888. The summed E-state index contributed by atoms with van der Waals surface area (Å²) in [7, 11) is 0. The molecule has 0 fully saturated rings. The summed E-state index contributed by atoms with van der Waals surface area (Å²) >= 11 is 0. The van der Waals surface area contributed by atoms with Crippen molar-refractivity contribution in [3.05, 3.63) is 48.0 Å². The van der Waals surface area contributed by atoms with E-state index < -0.39 is 0 Å². The molecule has 0 radical (unpaired) electrons. The Bertz CT molecular complexity index is 482. The van der Waals surface area contributed by atoms with E-state index in [0.29, 0.717) is 16.9 Å². The molecule has 2 nitrogen and oxygen atoms in total. The molecule has 0 unspecified atom stereocenters. The van der Waals surface area contributed by atoms with E-state index in [1.807, 2.05) is 6.07 Å². The molecule has 0 spiro atoms. The van der Waals surface area contributed by atoms with Crippen LogP contribution in [0.1, 0.15) is 5.56 Å². The molecule has 1 heterocycles. The lowest BCUT2D eigenvalue weighted by atomic mass is 10.1. The van der Waals surface area contributed by atoms with Gasteiger partial charge in [-0.15, -0.1) is 0 Å². The normalized spacial score (nSPS) is 9.71. The molecule has 0 N–H and O–H groups in total. The van der Waals surface area contributed by atoms with Crippen LogP contribution in [0.5, 0.6) is 0 Å². The van der Waals surface area contributed by atoms with Crippen LogP contribution >= 0.6 is 0 Å². The topological polar surface area (TPSA) is 36.9 Å². The van der Waals surface area contributed by atoms with E-state index in [2.05, 4.69) is 0 Å². The van der Waals surface area contributed by atoms with Gasteiger partial charge < -0.3 is 4.42 Å². The molecule has 0 aliphatic heterocycles. The number of benzene rings is 1. The second-order valence-electron chi connectivity index (χ2n) is 2.78. The molecule has 0 atom stereocenters. The fourth-order valence-electron chi connectivity index (χ4n) is 1.25. The van der Waals surface area contributed by atoms with Gasteiger partial charge in [0.1, 0.15) is 11.6 Å². The van der Waals surface area contributed by atoms with Gasteiger partial charge in [0.25, 0.3) is 0 Å². The summed E-state index contributed by atoms with van der Waals surface area (Å²) in [6.07, 6.45) is 1.49. The van der Waals surface area contributed by atoms with Crippen LogP contribution in [0.4, 0.5) is 4.39 Å². The molecule has 0 aliphatic carbocycles. The second-order valence-corrected chi connectivity index (χ2v) is 2.78. The molecule has 2 aromatic rings. The molecule has 2 rings (SSSR count). The SMILES string of the molecule is N#Cc1ccc(F)cc1-c1ccco1. The molecular weight excluding hydrogens is 181 g/mol. The predicted molar refractivity (Wildman–Crippen MR) is 48.8 cm³/mol. The van der Waals surface area contributed by atoms with Crippen LogP contribution in [0.3, 0.4) is 0 Å². The van der Waals surface area contributed by atoms with E-state index in [0.717, 1.165) is 0 Å². The number of hydrogen-bond acceptors (Lipinski definition) is 2. The Kier molecular flexibility index (Phi) is 2.04. The highest BCUT2D eigenvalue weighted by molar-refractivity contribution is 5.65. The van der Waals surface area contributed by atoms with Crippen molar-refractivity contribution in [2.75, 3.05) is 0 Å². The van der Waals surface area contributed by atoms with Crippen molar-refractivity contribution in [1.29, 1.82) is 5.26 Å². The van der Waals surface area contributed by atoms with Crippen molar-refractivity contribution in [2.45, 2.75) is 0 Å².